The maximum Gasteiger partial charge on any atom is 0.173 e. The van der Waals surface area contributed by atoms with Gasteiger partial charge < -0.3 is 19.5 Å². The Morgan fingerprint density at radius 1 is 1.13 bits per heavy atom. The standard InChI is InChI=1S/C21H16Cl2N2O3S.2BrH/c1-11-17(20(26)27)19(12-6-3-4-9-15(12)28-2)25-10-16(29-21(25)24-11)18-13(22)7-5-8-14(18)23;;/h3-10,19H,1-2H3,(H,26,27);2*1H/p-1. The molecule has 0 saturated carbocycles. The number of carboxylic acid groups (broad SMARTS) is 1. The highest BCUT2D eigenvalue weighted by Gasteiger charge is 2.38. The molecule has 0 aromatic heterocycles. The topological polar surface area (TPSA) is 65.0 Å². The summed E-state index contributed by atoms with van der Waals surface area (Å²) in [4.78, 5) is 19.1. The van der Waals surface area contributed by atoms with Crippen LogP contribution in [0.4, 0.5) is 0 Å². The third-order valence-corrected chi connectivity index (χ3v) is 6.39. The molecule has 4 rings (SSSR count). The highest BCUT2D eigenvalue weighted by atomic mass is 79.9. The summed E-state index contributed by atoms with van der Waals surface area (Å²) in [6, 6.07) is 11.9. The predicted octanol–water partition coefficient (Wildman–Crippen LogP) is 5.64. The van der Waals surface area contributed by atoms with Gasteiger partial charge in [-0.3, -0.25) is 0 Å². The van der Waals surface area contributed by atoms with Crippen LogP contribution < -0.4 is 9.84 Å². The average molecular weight is 608 g/mol. The molecule has 2 aliphatic rings. The monoisotopic (exact) mass is 605 g/mol. The van der Waals surface area contributed by atoms with Gasteiger partial charge in [0.15, 0.2) is 5.17 Å². The summed E-state index contributed by atoms with van der Waals surface area (Å²) >= 11 is 14.2. The molecule has 2 aromatic carbocycles. The van der Waals surface area contributed by atoms with E-state index in [2.05, 4.69) is 4.99 Å². The number of halogens is 4. The first-order valence-electron chi connectivity index (χ1n) is 8.68. The van der Waals surface area contributed by atoms with Gasteiger partial charge in [-0.1, -0.05) is 47.5 Å². The fraction of sp³-hybridized carbons (Fsp3) is 0.143. The minimum Gasteiger partial charge on any atom is -0.545 e. The number of thioether (sulfide) groups is 1. The van der Waals surface area contributed by atoms with Crippen molar-refractivity contribution in [3.63, 3.8) is 0 Å². The van der Waals surface area contributed by atoms with E-state index in [-0.39, 0.29) is 39.5 Å². The van der Waals surface area contributed by atoms with Crippen molar-refractivity contribution < 1.29 is 14.6 Å². The molecule has 2 aliphatic heterocycles. The number of amidine groups is 1. The van der Waals surface area contributed by atoms with Crippen LogP contribution in [0.5, 0.6) is 5.75 Å². The van der Waals surface area contributed by atoms with Crippen LogP contribution in [-0.2, 0) is 4.79 Å². The normalized spacial score (nSPS) is 17.2. The summed E-state index contributed by atoms with van der Waals surface area (Å²) in [5, 5.41) is 13.7. The molecular formula is C21H17Br2Cl2N2O3S-. The minimum atomic E-state index is -1.27. The number of allylic oxidation sites excluding steroid dienone is 1. The van der Waals surface area contributed by atoms with Gasteiger partial charge in [-0.2, -0.15) is 0 Å². The second-order valence-corrected chi connectivity index (χ2v) is 8.25. The van der Waals surface area contributed by atoms with Crippen molar-refractivity contribution in [2.75, 3.05) is 7.11 Å². The Kier molecular flexibility index (Phi) is 8.69. The number of aliphatic imine (C=N–C) groups is 1. The molecular weight excluding hydrogens is 591 g/mol. The van der Waals surface area contributed by atoms with Gasteiger partial charge in [0.05, 0.1) is 29.2 Å². The number of hydrogen-bond acceptors (Lipinski definition) is 6. The number of nitrogens with zero attached hydrogens (tertiary/aromatic N) is 2. The fourth-order valence-electron chi connectivity index (χ4n) is 3.47. The zero-order valence-corrected chi connectivity index (χ0v) is 22.1. The average Bonchev–Trinajstić information content (AvgIpc) is 3.09. The van der Waals surface area contributed by atoms with Crippen LogP contribution in [-0.4, -0.2) is 23.1 Å². The molecule has 31 heavy (non-hydrogen) atoms. The van der Waals surface area contributed by atoms with Gasteiger partial charge >= 0.3 is 0 Å². The van der Waals surface area contributed by atoms with Crippen molar-refractivity contribution in [1.82, 2.24) is 4.90 Å². The molecule has 0 spiro atoms. The molecule has 0 N–H and O–H groups in total. The smallest absolute Gasteiger partial charge is 0.173 e. The predicted molar refractivity (Wildman–Crippen MR) is 135 cm³/mol. The molecule has 2 heterocycles. The minimum absolute atomic E-state index is 0. The maximum atomic E-state index is 12.0. The molecule has 164 valence electrons. The largest absolute Gasteiger partial charge is 0.545 e. The fourth-order valence-corrected chi connectivity index (χ4v) is 5.32. The second-order valence-electron chi connectivity index (χ2n) is 6.42. The first-order valence-corrected chi connectivity index (χ1v) is 10.3. The lowest BCUT2D eigenvalue weighted by atomic mass is 9.94. The lowest BCUT2D eigenvalue weighted by Crippen LogP contribution is -2.38. The van der Waals surface area contributed by atoms with E-state index in [4.69, 9.17) is 27.9 Å². The van der Waals surface area contributed by atoms with Crippen LogP contribution in [0.25, 0.3) is 4.91 Å². The number of methoxy groups -OCH3 is 1. The van der Waals surface area contributed by atoms with E-state index in [1.807, 2.05) is 24.4 Å². The molecule has 10 heteroatoms. The van der Waals surface area contributed by atoms with Crippen LogP contribution in [0.3, 0.4) is 0 Å². The molecule has 0 saturated heterocycles. The third-order valence-electron chi connectivity index (χ3n) is 4.75. The second kappa shape index (κ2) is 10.4. The Labute approximate surface area is 215 Å². The number of rotatable bonds is 4. The quantitative estimate of drug-likeness (QED) is 0.450. The van der Waals surface area contributed by atoms with Gasteiger partial charge in [0.25, 0.3) is 0 Å². The van der Waals surface area contributed by atoms with Gasteiger partial charge in [-0.15, -0.1) is 34.0 Å². The number of carboxylic acids is 1. The van der Waals surface area contributed by atoms with Crippen LogP contribution >= 0.6 is 68.9 Å². The van der Waals surface area contributed by atoms with Gasteiger partial charge in [0.1, 0.15) is 5.75 Å². The Hall–Kier alpha value is -1.45. The Morgan fingerprint density at radius 2 is 1.77 bits per heavy atom. The third kappa shape index (κ3) is 4.68. The molecule has 0 aliphatic carbocycles. The van der Waals surface area contributed by atoms with Gasteiger partial charge in [-0.25, -0.2) is 4.99 Å². The zero-order valence-electron chi connectivity index (χ0n) is 16.3. The summed E-state index contributed by atoms with van der Waals surface area (Å²) in [5.74, 6) is -0.697. The van der Waals surface area contributed by atoms with Gasteiger partial charge in [0, 0.05) is 33.5 Å². The van der Waals surface area contributed by atoms with E-state index in [0.717, 1.165) is 4.91 Å². The van der Waals surface area contributed by atoms with E-state index in [1.54, 1.807) is 43.2 Å². The number of hydrogen-bond donors (Lipinski definition) is 0. The Morgan fingerprint density at radius 3 is 2.39 bits per heavy atom. The molecule has 0 radical (unpaired) electrons. The molecule has 5 nitrogen and oxygen atoms in total. The molecule has 1 atom stereocenters. The lowest BCUT2D eigenvalue weighted by molar-refractivity contribution is -0.300. The Bertz CT molecular complexity index is 1100. The van der Waals surface area contributed by atoms with E-state index in [9.17, 15) is 9.90 Å². The first-order chi connectivity index (χ1) is 13.9. The number of aliphatic carboxylic acids is 1. The summed E-state index contributed by atoms with van der Waals surface area (Å²) in [5.41, 5.74) is 1.86. The summed E-state index contributed by atoms with van der Waals surface area (Å²) in [7, 11) is 1.55. The van der Waals surface area contributed by atoms with E-state index in [1.165, 1.54) is 11.8 Å². The number of carbonyl (C=O) groups excluding carboxylic acids is 1. The van der Waals surface area contributed by atoms with Crippen molar-refractivity contribution in [2.24, 2.45) is 4.99 Å². The van der Waals surface area contributed by atoms with Crippen molar-refractivity contribution in [3.05, 3.63) is 81.1 Å². The molecule has 1 unspecified atom stereocenters. The molecule has 0 fully saturated rings. The van der Waals surface area contributed by atoms with Crippen molar-refractivity contribution in [3.8, 4) is 5.75 Å². The van der Waals surface area contributed by atoms with Gasteiger partial charge in [-0.05, 0) is 36.9 Å². The lowest BCUT2D eigenvalue weighted by Gasteiger charge is -2.35. The number of ether oxygens (including phenoxy) is 1. The SMILES string of the molecule is Br.Br.COc1ccccc1C1C(C(=O)[O-])=C(C)N=C2SC(c3c(Cl)cccc3Cl)=CN21. The maximum absolute atomic E-state index is 12.0. The number of benzene rings is 2. The van der Waals surface area contributed by atoms with Crippen LogP contribution in [0.2, 0.25) is 10.0 Å². The van der Waals surface area contributed by atoms with Crippen LogP contribution in [0, 0.1) is 0 Å². The summed E-state index contributed by atoms with van der Waals surface area (Å²) < 4.78 is 5.49. The van der Waals surface area contributed by atoms with E-state index in [0.29, 0.717) is 37.8 Å². The number of para-hydroxylation sites is 1. The molecule has 0 bridgehead atoms. The first kappa shape index (κ1) is 25.8. The number of fused-ring (bicyclic) bond motifs is 1. The van der Waals surface area contributed by atoms with Crippen molar-refractivity contribution in [1.29, 1.82) is 0 Å². The summed E-state index contributed by atoms with van der Waals surface area (Å²) in [6.07, 6.45) is 1.82. The van der Waals surface area contributed by atoms with Crippen LogP contribution in [0.15, 0.2) is 64.9 Å². The highest BCUT2D eigenvalue weighted by Crippen LogP contribution is 2.49. The molecule has 2 aromatic rings. The summed E-state index contributed by atoms with van der Waals surface area (Å²) in [6.45, 7) is 1.67. The van der Waals surface area contributed by atoms with Gasteiger partial charge in [0.2, 0.25) is 0 Å². The van der Waals surface area contributed by atoms with Crippen LogP contribution in [0.1, 0.15) is 24.1 Å². The van der Waals surface area contributed by atoms with Crippen molar-refractivity contribution in [2.45, 2.75) is 13.0 Å². The highest BCUT2D eigenvalue weighted by molar-refractivity contribution is 8.93. The van der Waals surface area contributed by atoms with E-state index < -0.39 is 12.0 Å². The van der Waals surface area contributed by atoms with E-state index >= 15 is 0 Å². The molecule has 0 amide bonds. The zero-order chi connectivity index (χ0) is 20.7. The van der Waals surface area contributed by atoms with Crippen molar-refractivity contribution >= 4 is 85.0 Å². The number of carbonyl (C=O) groups is 1. The Balaban J connectivity index is 0.00000171.